The number of benzene rings is 1. The lowest BCUT2D eigenvalue weighted by Gasteiger charge is -2.36. The first-order chi connectivity index (χ1) is 8.79. The van der Waals surface area contributed by atoms with Crippen molar-refractivity contribution in [2.75, 3.05) is 32.8 Å². The van der Waals surface area contributed by atoms with E-state index >= 15 is 0 Å². The van der Waals surface area contributed by atoms with Gasteiger partial charge in [0.15, 0.2) is 0 Å². The third-order valence-electron chi connectivity index (χ3n) is 2.83. The predicted molar refractivity (Wildman–Crippen MR) is 80.5 cm³/mol. The first-order valence-electron chi connectivity index (χ1n) is 5.96. The van der Waals surface area contributed by atoms with Gasteiger partial charge in [0.25, 0.3) is 0 Å². The average Bonchev–Trinajstić information content (AvgIpc) is 2.41. The molecule has 0 unspecified atom stereocenters. The second-order valence-corrected chi connectivity index (χ2v) is 5.83. The van der Waals surface area contributed by atoms with Crippen molar-refractivity contribution >= 4 is 28.3 Å². The van der Waals surface area contributed by atoms with Crippen LogP contribution in [0, 0.1) is 0 Å². The van der Waals surface area contributed by atoms with E-state index in [0.717, 1.165) is 36.6 Å². The van der Waals surface area contributed by atoms with E-state index in [4.69, 9.17) is 17.0 Å². The molecule has 0 spiro atoms. The number of methoxy groups -OCH3 is 1. The van der Waals surface area contributed by atoms with Gasteiger partial charge in [0.2, 0.25) is 0 Å². The molecule has 18 heavy (non-hydrogen) atoms. The summed E-state index contributed by atoms with van der Waals surface area (Å²) in [5.74, 6) is 0.966. The van der Waals surface area contributed by atoms with E-state index in [1.807, 2.05) is 6.07 Å². The summed E-state index contributed by atoms with van der Waals surface area (Å²) in [5.41, 5.74) is 1.30. The quantitative estimate of drug-likeness (QED) is 0.768. The molecular formula is C13H18N2OS2. The van der Waals surface area contributed by atoms with Gasteiger partial charge in [-0.25, -0.2) is 0 Å². The molecule has 0 aliphatic carbocycles. The minimum Gasteiger partial charge on any atom is -0.383 e. The molecule has 5 heteroatoms. The van der Waals surface area contributed by atoms with Crippen LogP contribution in [0.3, 0.4) is 0 Å². The highest BCUT2D eigenvalue weighted by Gasteiger charge is 2.21. The molecule has 2 rings (SSSR count). The Balaban J connectivity index is 1.91. The highest BCUT2D eigenvalue weighted by molar-refractivity contribution is 8.22. The molecule has 0 radical (unpaired) electrons. The van der Waals surface area contributed by atoms with Crippen molar-refractivity contribution in [1.82, 2.24) is 9.80 Å². The molecular weight excluding hydrogens is 264 g/mol. The number of thiocarbonyl (C=S) groups is 1. The Morgan fingerprint density at radius 2 is 2.11 bits per heavy atom. The van der Waals surface area contributed by atoms with Crippen LogP contribution in [-0.2, 0) is 11.3 Å². The van der Waals surface area contributed by atoms with Crippen molar-refractivity contribution in [3.8, 4) is 0 Å². The molecule has 0 saturated carbocycles. The Labute approximate surface area is 118 Å². The summed E-state index contributed by atoms with van der Waals surface area (Å²) in [7, 11) is 1.74. The van der Waals surface area contributed by atoms with Gasteiger partial charge in [-0.1, -0.05) is 54.3 Å². The third-order valence-corrected chi connectivity index (χ3v) is 4.44. The van der Waals surface area contributed by atoms with E-state index in [9.17, 15) is 0 Å². The van der Waals surface area contributed by atoms with Gasteiger partial charge < -0.3 is 9.64 Å². The van der Waals surface area contributed by atoms with E-state index in [2.05, 4.69) is 34.1 Å². The number of nitrogens with zero attached hydrogens (tertiary/aromatic N) is 2. The Kier molecular flexibility index (Phi) is 5.44. The summed E-state index contributed by atoms with van der Waals surface area (Å²) >= 11 is 7.15. The van der Waals surface area contributed by atoms with Crippen molar-refractivity contribution in [2.24, 2.45) is 0 Å². The summed E-state index contributed by atoms with van der Waals surface area (Å²) in [6.45, 7) is 3.50. The molecule has 1 aliphatic rings. The van der Waals surface area contributed by atoms with E-state index in [0.29, 0.717) is 0 Å². The second kappa shape index (κ2) is 7.09. The van der Waals surface area contributed by atoms with Crippen molar-refractivity contribution in [3.63, 3.8) is 0 Å². The number of ether oxygens (including phenoxy) is 1. The Morgan fingerprint density at radius 3 is 2.83 bits per heavy atom. The Morgan fingerprint density at radius 1 is 1.33 bits per heavy atom. The summed E-state index contributed by atoms with van der Waals surface area (Å²) in [6, 6.07) is 10.5. The molecule has 98 valence electrons. The van der Waals surface area contributed by atoms with E-state index in [1.165, 1.54) is 5.56 Å². The fraction of sp³-hybridized carbons (Fsp3) is 0.462. The first kappa shape index (κ1) is 13.8. The summed E-state index contributed by atoms with van der Waals surface area (Å²) in [4.78, 5) is 4.60. The molecule has 3 nitrogen and oxygen atoms in total. The van der Waals surface area contributed by atoms with Gasteiger partial charge >= 0.3 is 0 Å². The Hall–Kier alpha value is -0.620. The lowest BCUT2D eigenvalue weighted by molar-refractivity contribution is 0.131. The van der Waals surface area contributed by atoms with Gasteiger partial charge in [-0.15, -0.1) is 0 Å². The zero-order valence-corrected chi connectivity index (χ0v) is 12.2. The van der Waals surface area contributed by atoms with Crippen LogP contribution in [0.1, 0.15) is 5.56 Å². The molecule has 0 amide bonds. The smallest absolute Gasteiger partial charge is 0.138 e. The van der Waals surface area contributed by atoms with E-state index in [1.54, 1.807) is 18.9 Å². The van der Waals surface area contributed by atoms with Gasteiger partial charge in [0.05, 0.1) is 19.2 Å². The van der Waals surface area contributed by atoms with Crippen LogP contribution >= 0.6 is 24.0 Å². The second-order valence-electron chi connectivity index (χ2n) is 4.25. The minimum atomic E-state index is 0.770. The molecule has 0 bridgehead atoms. The topological polar surface area (TPSA) is 15.7 Å². The lowest BCUT2D eigenvalue weighted by Crippen LogP contribution is -2.45. The molecule has 1 aliphatic heterocycles. The van der Waals surface area contributed by atoms with Gasteiger partial charge in [0.1, 0.15) is 4.32 Å². The SMILES string of the molecule is COCCN1CSC(=S)N(Cc2ccccc2)C1. The van der Waals surface area contributed by atoms with Crippen LogP contribution in [0.25, 0.3) is 0 Å². The van der Waals surface area contributed by atoms with Gasteiger partial charge in [0, 0.05) is 20.2 Å². The lowest BCUT2D eigenvalue weighted by atomic mass is 10.2. The van der Waals surface area contributed by atoms with Crippen molar-refractivity contribution in [3.05, 3.63) is 35.9 Å². The standard InChI is InChI=1S/C13H18N2OS2/c1-16-8-7-14-10-15(13(17)18-11-14)9-12-5-3-2-4-6-12/h2-6H,7-11H2,1H3. The number of hydrogen-bond donors (Lipinski definition) is 0. The highest BCUT2D eigenvalue weighted by atomic mass is 32.2. The normalized spacial score (nSPS) is 17.2. The maximum atomic E-state index is 5.42. The molecule has 1 heterocycles. The maximum Gasteiger partial charge on any atom is 0.138 e. The minimum absolute atomic E-state index is 0.770. The van der Waals surface area contributed by atoms with Gasteiger partial charge in [-0.05, 0) is 5.56 Å². The van der Waals surface area contributed by atoms with Crippen LogP contribution in [0.15, 0.2) is 30.3 Å². The van der Waals surface area contributed by atoms with Crippen molar-refractivity contribution in [1.29, 1.82) is 0 Å². The first-order valence-corrected chi connectivity index (χ1v) is 7.36. The molecule has 0 atom stereocenters. The molecule has 1 aromatic rings. The maximum absolute atomic E-state index is 5.42. The van der Waals surface area contributed by atoms with E-state index < -0.39 is 0 Å². The summed E-state index contributed by atoms with van der Waals surface area (Å²) in [5, 5.41) is 0. The van der Waals surface area contributed by atoms with Crippen LogP contribution < -0.4 is 0 Å². The van der Waals surface area contributed by atoms with Crippen molar-refractivity contribution in [2.45, 2.75) is 6.54 Å². The fourth-order valence-corrected chi connectivity index (χ4v) is 2.94. The van der Waals surface area contributed by atoms with Crippen LogP contribution in [0.2, 0.25) is 0 Å². The molecule has 0 aromatic heterocycles. The largest absolute Gasteiger partial charge is 0.383 e. The zero-order valence-electron chi connectivity index (χ0n) is 10.5. The molecule has 1 aromatic carbocycles. The third kappa shape index (κ3) is 3.95. The van der Waals surface area contributed by atoms with Gasteiger partial charge in [-0.2, -0.15) is 0 Å². The van der Waals surface area contributed by atoms with E-state index in [-0.39, 0.29) is 0 Å². The average molecular weight is 282 g/mol. The molecule has 0 N–H and O–H groups in total. The number of thioether (sulfide) groups is 1. The van der Waals surface area contributed by atoms with Crippen LogP contribution in [-0.4, -0.2) is 46.9 Å². The monoisotopic (exact) mass is 282 g/mol. The zero-order chi connectivity index (χ0) is 12.8. The van der Waals surface area contributed by atoms with Crippen LogP contribution in [0.4, 0.5) is 0 Å². The number of hydrogen-bond acceptors (Lipinski definition) is 4. The predicted octanol–water partition coefficient (Wildman–Crippen LogP) is 2.38. The summed E-state index contributed by atoms with van der Waals surface area (Å²) in [6.07, 6.45) is 0. The van der Waals surface area contributed by atoms with Crippen LogP contribution in [0.5, 0.6) is 0 Å². The Bertz CT molecular complexity index is 386. The highest BCUT2D eigenvalue weighted by Crippen LogP contribution is 2.20. The molecule has 1 fully saturated rings. The van der Waals surface area contributed by atoms with Crippen molar-refractivity contribution < 1.29 is 4.74 Å². The summed E-state index contributed by atoms with van der Waals surface area (Å²) < 4.78 is 6.12. The molecule has 1 saturated heterocycles. The fourth-order valence-electron chi connectivity index (χ4n) is 1.85. The van der Waals surface area contributed by atoms with Gasteiger partial charge in [-0.3, -0.25) is 4.90 Å². The number of rotatable bonds is 5.